The number of anilines is 1. The first-order valence-electron chi connectivity index (χ1n) is 7.42. The van der Waals surface area contributed by atoms with E-state index in [1.54, 1.807) is 12.0 Å². The molecule has 1 unspecified atom stereocenters. The Kier molecular flexibility index (Phi) is 3.82. The highest BCUT2D eigenvalue weighted by Crippen LogP contribution is 2.29. The van der Waals surface area contributed by atoms with Crippen molar-refractivity contribution in [3.63, 3.8) is 0 Å². The Morgan fingerprint density at radius 3 is 2.76 bits per heavy atom. The average Bonchev–Trinajstić information content (AvgIpc) is 3.16. The maximum Gasteiger partial charge on any atom is 0.228 e. The maximum absolute atomic E-state index is 12.4. The van der Waals surface area contributed by atoms with Crippen LogP contribution in [0.2, 0.25) is 0 Å². The van der Waals surface area contributed by atoms with E-state index in [4.69, 9.17) is 4.74 Å². The highest BCUT2D eigenvalue weighted by atomic mass is 16.5. The zero-order valence-corrected chi connectivity index (χ0v) is 12.2. The van der Waals surface area contributed by atoms with Crippen molar-refractivity contribution < 1.29 is 14.3 Å². The fourth-order valence-electron chi connectivity index (χ4n) is 3.10. The van der Waals surface area contributed by atoms with Gasteiger partial charge in [0.05, 0.1) is 13.0 Å². The molecule has 0 saturated carbocycles. The Balaban J connectivity index is 1.73. The Morgan fingerprint density at radius 1 is 1.29 bits per heavy atom. The van der Waals surface area contributed by atoms with Gasteiger partial charge in [-0.1, -0.05) is 6.07 Å². The summed E-state index contributed by atoms with van der Waals surface area (Å²) < 4.78 is 5.19. The first kappa shape index (κ1) is 13.9. The minimum Gasteiger partial charge on any atom is -0.497 e. The van der Waals surface area contributed by atoms with E-state index in [0.29, 0.717) is 13.0 Å². The zero-order valence-electron chi connectivity index (χ0n) is 12.2. The lowest BCUT2D eigenvalue weighted by Gasteiger charge is -2.20. The van der Waals surface area contributed by atoms with Crippen molar-refractivity contribution in [3.8, 4) is 5.75 Å². The van der Waals surface area contributed by atoms with E-state index in [1.165, 1.54) is 0 Å². The number of amides is 2. The summed E-state index contributed by atoms with van der Waals surface area (Å²) in [4.78, 5) is 28.2. The normalized spacial score (nSPS) is 22.0. The molecule has 1 aromatic rings. The van der Waals surface area contributed by atoms with E-state index in [2.05, 4.69) is 0 Å². The molecular formula is C16H20N2O3. The fourth-order valence-corrected chi connectivity index (χ4v) is 3.10. The molecular weight excluding hydrogens is 268 g/mol. The van der Waals surface area contributed by atoms with Gasteiger partial charge < -0.3 is 14.5 Å². The molecule has 1 atom stereocenters. The van der Waals surface area contributed by atoms with Crippen LogP contribution in [0.15, 0.2) is 24.3 Å². The van der Waals surface area contributed by atoms with E-state index >= 15 is 0 Å². The topological polar surface area (TPSA) is 49.9 Å². The largest absolute Gasteiger partial charge is 0.497 e. The lowest BCUT2D eigenvalue weighted by molar-refractivity contribution is -0.134. The third kappa shape index (κ3) is 2.73. The standard InChI is InChI=1S/C16H20N2O3/c1-21-14-6-4-5-13(10-14)18-11-12(9-15(18)19)16(20)17-7-2-3-8-17/h4-6,10,12H,2-3,7-9,11H2,1H3. The number of nitrogens with zero attached hydrogens (tertiary/aromatic N) is 2. The first-order chi connectivity index (χ1) is 10.2. The number of likely N-dealkylation sites (tertiary alicyclic amines) is 1. The quantitative estimate of drug-likeness (QED) is 0.850. The van der Waals surface area contributed by atoms with Crippen LogP contribution >= 0.6 is 0 Å². The van der Waals surface area contributed by atoms with Gasteiger partial charge in [0.25, 0.3) is 0 Å². The minimum atomic E-state index is -0.207. The molecule has 0 radical (unpaired) electrons. The van der Waals surface area contributed by atoms with Crippen LogP contribution in [0.4, 0.5) is 5.69 Å². The summed E-state index contributed by atoms with van der Waals surface area (Å²) in [6.07, 6.45) is 2.46. The number of ether oxygens (including phenoxy) is 1. The Bertz CT molecular complexity index is 552. The molecule has 3 rings (SSSR count). The number of hydrogen-bond donors (Lipinski definition) is 0. The van der Waals surface area contributed by atoms with Crippen LogP contribution in [0.5, 0.6) is 5.75 Å². The lowest BCUT2D eigenvalue weighted by Crippen LogP contribution is -2.35. The Labute approximate surface area is 124 Å². The third-order valence-corrected chi connectivity index (χ3v) is 4.26. The first-order valence-corrected chi connectivity index (χ1v) is 7.42. The molecule has 21 heavy (non-hydrogen) atoms. The predicted octanol–water partition coefficient (Wildman–Crippen LogP) is 1.67. The summed E-state index contributed by atoms with van der Waals surface area (Å²) in [5.74, 6) is 0.656. The van der Waals surface area contributed by atoms with Crippen LogP contribution in [0.1, 0.15) is 19.3 Å². The van der Waals surface area contributed by atoms with Gasteiger partial charge in [-0.15, -0.1) is 0 Å². The van der Waals surface area contributed by atoms with Gasteiger partial charge in [-0.3, -0.25) is 9.59 Å². The number of rotatable bonds is 3. The molecule has 2 aliphatic rings. The maximum atomic E-state index is 12.4. The van der Waals surface area contributed by atoms with Crippen molar-refractivity contribution in [2.45, 2.75) is 19.3 Å². The van der Waals surface area contributed by atoms with Crippen LogP contribution in [0, 0.1) is 5.92 Å². The van der Waals surface area contributed by atoms with Gasteiger partial charge >= 0.3 is 0 Å². The van der Waals surface area contributed by atoms with Crippen molar-refractivity contribution in [2.75, 3.05) is 31.6 Å². The van der Waals surface area contributed by atoms with E-state index in [0.717, 1.165) is 37.4 Å². The van der Waals surface area contributed by atoms with Crippen molar-refractivity contribution in [2.24, 2.45) is 5.92 Å². The summed E-state index contributed by atoms with van der Waals surface area (Å²) >= 11 is 0. The van der Waals surface area contributed by atoms with Crippen LogP contribution in [-0.4, -0.2) is 43.5 Å². The SMILES string of the molecule is COc1cccc(N2CC(C(=O)N3CCCC3)CC2=O)c1. The second-order valence-corrected chi connectivity index (χ2v) is 5.64. The van der Waals surface area contributed by atoms with E-state index in [1.807, 2.05) is 29.2 Å². The number of hydrogen-bond acceptors (Lipinski definition) is 3. The van der Waals surface area contributed by atoms with Gasteiger partial charge in [0.2, 0.25) is 11.8 Å². The fraction of sp³-hybridized carbons (Fsp3) is 0.500. The summed E-state index contributed by atoms with van der Waals surface area (Å²) in [6.45, 7) is 2.15. The van der Waals surface area contributed by atoms with Crippen molar-refractivity contribution in [1.29, 1.82) is 0 Å². The van der Waals surface area contributed by atoms with Gasteiger partial charge in [-0.2, -0.15) is 0 Å². The summed E-state index contributed by atoms with van der Waals surface area (Å²) in [6, 6.07) is 7.41. The molecule has 0 aromatic heterocycles. The van der Waals surface area contributed by atoms with Crippen molar-refractivity contribution in [1.82, 2.24) is 4.90 Å². The van der Waals surface area contributed by atoms with Crippen LogP contribution in [0.3, 0.4) is 0 Å². The summed E-state index contributed by atoms with van der Waals surface area (Å²) in [5.41, 5.74) is 0.802. The Hall–Kier alpha value is -2.04. The molecule has 0 N–H and O–H groups in total. The molecule has 2 fully saturated rings. The number of benzene rings is 1. The molecule has 5 nitrogen and oxygen atoms in total. The molecule has 2 heterocycles. The van der Waals surface area contributed by atoms with E-state index < -0.39 is 0 Å². The Morgan fingerprint density at radius 2 is 2.05 bits per heavy atom. The number of methoxy groups -OCH3 is 1. The molecule has 1 aromatic carbocycles. The molecule has 2 amide bonds. The van der Waals surface area contributed by atoms with Gasteiger partial charge in [-0.25, -0.2) is 0 Å². The zero-order chi connectivity index (χ0) is 14.8. The summed E-state index contributed by atoms with van der Waals surface area (Å²) in [7, 11) is 1.60. The van der Waals surface area contributed by atoms with Crippen molar-refractivity contribution >= 4 is 17.5 Å². The monoisotopic (exact) mass is 288 g/mol. The summed E-state index contributed by atoms with van der Waals surface area (Å²) in [5, 5.41) is 0. The molecule has 2 aliphatic heterocycles. The van der Waals surface area contributed by atoms with Crippen LogP contribution in [-0.2, 0) is 9.59 Å². The smallest absolute Gasteiger partial charge is 0.228 e. The number of carbonyl (C=O) groups excluding carboxylic acids is 2. The average molecular weight is 288 g/mol. The minimum absolute atomic E-state index is 0.0146. The molecule has 0 bridgehead atoms. The third-order valence-electron chi connectivity index (χ3n) is 4.26. The van der Waals surface area contributed by atoms with Gasteiger partial charge in [0.1, 0.15) is 5.75 Å². The molecule has 112 valence electrons. The highest BCUT2D eigenvalue weighted by molar-refractivity contribution is 6.00. The van der Waals surface area contributed by atoms with E-state index in [-0.39, 0.29) is 17.7 Å². The van der Waals surface area contributed by atoms with Crippen molar-refractivity contribution in [3.05, 3.63) is 24.3 Å². The second kappa shape index (κ2) is 5.76. The van der Waals surface area contributed by atoms with Crippen LogP contribution in [0.25, 0.3) is 0 Å². The van der Waals surface area contributed by atoms with Gasteiger partial charge in [0.15, 0.2) is 0 Å². The van der Waals surface area contributed by atoms with Crippen LogP contribution < -0.4 is 9.64 Å². The lowest BCUT2D eigenvalue weighted by atomic mass is 10.1. The van der Waals surface area contributed by atoms with E-state index in [9.17, 15) is 9.59 Å². The van der Waals surface area contributed by atoms with Gasteiger partial charge in [-0.05, 0) is 25.0 Å². The van der Waals surface area contributed by atoms with Gasteiger partial charge in [0, 0.05) is 37.8 Å². The predicted molar refractivity (Wildman–Crippen MR) is 79.3 cm³/mol. The number of carbonyl (C=O) groups is 2. The molecule has 0 spiro atoms. The molecule has 5 heteroatoms. The molecule has 0 aliphatic carbocycles. The molecule has 2 saturated heterocycles. The second-order valence-electron chi connectivity index (χ2n) is 5.64. The highest BCUT2D eigenvalue weighted by Gasteiger charge is 2.37.